The predicted molar refractivity (Wildman–Crippen MR) is 69.8 cm³/mol. The summed E-state index contributed by atoms with van der Waals surface area (Å²) in [7, 11) is 0. The molecule has 2 rings (SSSR count). The number of phenols is 1. The Morgan fingerprint density at radius 1 is 1.52 bits per heavy atom. The van der Waals surface area contributed by atoms with Crippen LogP contribution in [0.15, 0.2) is 22.7 Å². The number of amides is 1. The molecule has 1 aromatic carbocycles. The molecular weight excluding hydrogens is 280 g/mol. The van der Waals surface area contributed by atoms with Crippen molar-refractivity contribution in [3.05, 3.63) is 45.6 Å². The van der Waals surface area contributed by atoms with Gasteiger partial charge in [-0.3, -0.25) is 14.9 Å². The fourth-order valence-electron chi connectivity index (χ4n) is 1.68. The van der Waals surface area contributed by atoms with Crippen molar-refractivity contribution in [2.45, 2.75) is 13.3 Å². The second-order valence-electron chi connectivity index (χ2n) is 4.17. The second kappa shape index (κ2) is 5.99. The monoisotopic (exact) mass is 292 g/mol. The third-order valence-corrected chi connectivity index (χ3v) is 2.65. The average molecular weight is 292 g/mol. The number of nitro benzene ring substituents is 1. The number of aromatic hydroxyl groups is 1. The van der Waals surface area contributed by atoms with Gasteiger partial charge in [0.1, 0.15) is 0 Å². The minimum absolute atomic E-state index is 0.161. The van der Waals surface area contributed by atoms with E-state index in [2.05, 4.69) is 15.5 Å². The number of nitrogens with zero attached hydrogens (tertiary/aromatic N) is 3. The molecule has 110 valence electrons. The highest BCUT2D eigenvalue weighted by molar-refractivity contribution is 5.98. The first-order valence-corrected chi connectivity index (χ1v) is 6.03. The zero-order valence-electron chi connectivity index (χ0n) is 11.1. The molecule has 0 unspecified atom stereocenters. The normalized spacial score (nSPS) is 10.3. The van der Waals surface area contributed by atoms with Gasteiger partial charge < -0.3 is 14.9 Å². The van der Waals surface area contributed by atoms with Gasteiger partial charge in [-0.1, -0.05) is 11.2 Å². The maximum atomic E-state index is 11.9. The molecule has 9 nitrogen and oxygen atoms in total. The Hall–Kier alpha value is -2.97. The van der Waals surface area contributed by atoms with Crippen molar-refractivity contribution in [2.24, 2.45) is 0 Å². The summed E-state index contributed by atoms with van der Waals surface area (Å²) >= 11 is 0. The third kappa shape index (κ3) is 3.32. The van der Waals surface area contributed by atoms with Crippen molar-refractivity contribution < 1.29 is 19.3 Å². The molecule has 1 heterocycles. The summed E-state index contributed by atoms with van der Waals surface area (Å²) in [5.41, 5.74) is -0.680. The summed E-state index contributed by atoms with van der Waals surface area (Å²) in [6, 6.07) is 3.75. The van der Waals surface area contributed by atoms with Crippen LogP contribution in [0.25, 0.3) is 0 Å². The van der Waals surface area contributed by atoms with E-state index in [1.54, 1.807) is 6.92 Å². The van der Waals surface area contributed by atoms with E-state index >= 15 is 0 Å². The Bertz CT molecular complexity index is 682. The highest BCUT2D eigenvalue weighted by atomic mass is 16.6. The van der Waals surface area contributed by atoms with E-state index in [1.807, 2.05) is 0 Å². The molecule has 2 aromatic rings. The van der Waals surface area contributed by atoms with Gasteiger partial charge in [-0.25, -0.2) is 0 Å². The smallest absolute Gasteiger partial charge is 0.311 e. The molecule has 0 saturated heterocycles. The largest absolute Gasteiger partial charge is 0.502 e. The molecule has 0 spiro atoms. The maximum Gasteiger partial charge on any atom is 0.311 e. The van der Waals surface area contributed by atoms with E-state index < -0.39 is 22.3 Å². The molecule has 1 amide bonds. The Balaban J connectivity index is 2.00. The molecule has 2 N–H and O–H groups in total. The van der Waals surface area contributed by atoms with E-state index in [9.17, 15) is 20.0 Å². The van der Waals surface area contributed by atoms with Gasteiger partial charge in [0.2, 0.25) is 11.6 Å². The van der Waals surface area contributed by atoms with Gasteiger partial charge in [-0.2, -0.15) is 4.98 Å². The molecule has 0 aliphatic carbocycles. The summed E-state index contributed by atoms with van der Waals surface area (Å²) in [5.74, 6) is -0.412. The number of carbonyl (C=O) groups excluding carboxylic acids is 1. The van der Waals surface area contributed by atoms with Gasteiger partial charge in [-0.05, 0) is 13.0 Å². The second-order valence-corrected chi connectivity index (χ2v) is 4.17. The SMILES string of the molecule is Cc1noc(CCNC(=O)c2cccc([N+](=O)[O-])c2O)n1. The number of nitro groups is 1. The third-order valence-electron chi connectivity index (χ3n) is 2.65. The fraction of sp³-hybridized carbons (Fsp3) is 0.250. The molecule has 21 heavy (non-hydrogen) atoms. The van der Waals surface area contributed by atoms with Crippen LogP contribution in [0.1, 0.15) is 22.1 Å². The van der Waals surface area contributed by atoms with Crippen molar-refractivity contribution in [1.82, 2.24) is 15.5 Å². The van der Waals surface area contributed by atoms with Crippen LogP contribution in [0, 0.1) is 17.0 Å². The summed E-state index contributed by atoms with van der Waals surface area (Å²) in [4.78, 5) is 25.8. The van der Waals surface area contributed by atoms with Crippen molar-refractivity contribution >= 4 is 11.6 Å². The fourth-order valence-corrected chi connectivity index (χ4v) is 1.68. The zero-order valence-corrected chi connectivity index (χ0v) is 11.1. The lowest BCUT2D eigenvalue weighted by molar-refractivity contribution is -0.385. The summed E-state index contributed by atoms with van der Waals surface area (Å²) in [5, 5.41) is 26.5. The Morgan fingerprint density at radius 3 is 2.90 bits per heavy atom. The minimum atomic E-state index is -0.757. The van der Waals surface area contributed by atoms with Gasteiger partial charge in [0.05, 0.1) is 10.5 Å². The molecule has 1 aromatic heterocycles. The van der Waals surface area contributed by atoms with Crippen LogP contribution in [0.2, 0.25) is 0 Å². The number of aromatic nitrogens is 2. The lowest BCUT2D eigenvalue weighted by Gasteiger charge is -2.05. The van der Waals surface area contributed by atoms with Crippen LogP contribution in [0.5, 0.6) is 5.75 Å². The van der Waals surface area contributed by atoms with Crippen molar-refractivity contribution in [3.8, 4) is 5.75 Å². The first-order chi connectivity index (χ1) is 9.99. The molecule has 0 saturated carbocycles. The Kier molecular flexibility index (Phi) is 4.12. The van der Waals surface area contributed by atoms with Crippen molar-refractivity contribution in [3.63, 3.8) is 0 Å². The summed E-state index contributed by atoms with van der Waals surface area (Å²) < 4.78 is 4.87. The van der Waals surface area contributed by atoms with Crippen molar-refractivity contribution in [2.75, 3.05) is 6.54 Å². The molecular formula is C12H12N4O5. The van der Waals surface area contributed by atoms with Gasteiger partial charge in [0.25, 0.3) is 5.91 Å². The molecule has 0 aliphatic heterocycles. The van der Waals surface area contributed by atoms with E-state index in [0.717, 1.165) is 6.07 Å². The van der Waals surface area contributed by atoms with Crippen LogP contribution >= 0.6 is 0 Å². The van der Waals surface area contributed by atoms with Crippen LogP contribution in [0.3, 0.4) is 0 Å². The number of nitrogens with one attached hydrogen (secondary N) is 1. The number of aryl methyl sites for hydroxylation is 1. The van der Waals surface area contributed by atoms with Crippen LogP contribution in [-0.2, 0) is 6.42 Å². The number of benzene rings is 1. The highest BCUT2D eigenvalue weighted by Crippen LogP contribution is 2.28. The molecule has 0 fully saturated rings. The first kappa shape index (κ1) is 14.4. The average Bonchev–Trinajstić information content (AvgIpc) is 2.84. The van der Waals surface area contributed by atoms with Gasteiger partial charge in [0, 0.05) is 19.0 Å². The number of rotatable bonds is 5. The number of hydrogen-bond donors (Lipinski definition) is 2. The Labute approximate surface area is 118 Å². The van der Waals surface area contributed by atoms with Gasteiger partial charge in [-0.15, -0.1) is 0 Å². The van der Waals surface area contributed by atoms with E-state index in [0.29, 0.717) is 18.1 Å². The van der Waals surface area contributed by atoms with E-state index in [1.165, 1.54) is 12.1 Å². The first-order valence-electron chi connectivity index (χ1n) is 6.03. The summed E-state index contributed by atoms with van der Waals surface area (Å²) in [6.07, 6.45) is 0.322. The van der Waals surface area contributed by atoms with E-state index in [4.69, 9.17) is 4.52 Å². The predicted octanol–water partition coefficient (Wildman–Crippen LogP) is 0.964. The number of phenolic OH excluding ortho intramolecular Hbond substituents is 1. The van der Waals surface area contributed by atoms with Crippen molar-refractivity contribution in [1.29, 1.82) is 0 Å². The molecule has 0 aliphatic rings. The number of para-hydroxylation sites is 1. The van der Waals surface area contributed by atoms with Crippen LogP contribution < -0.4 is 5.32 Å². The number of hydrogen-bond acceptors (Lipinski definition) is 7. The zero-order chi connectivity index (χ0) is 15.4. The maximum absolute atomic E-state index is 11.9. The standard InChI is InChI=1S/C12H12N4O5/c1-7-14-10(21-15-7)5-6-13-12(18)8-3-2-4-9(11(8)17)16(19)20/h2-4,17H,5-6H2,1H3,(H,13,18). The topological polar surface area (TPSA) is 131 Å². The van der Waals surface area contributed by atoms with Gasteiger partial charge >= 0.3 is 5.69 Å². The quantitative estimate of drug-likeness (QED) is 0.619. The van der Waals surface area contributed by atoms with E-state index in [-0.39, 0.29) is 12.1 Å². The Morgan fingerprint density at radius 2 is 2.29 bits per heavy atom. The molecule has 0 radical (unpaired) electrons. The lowest BCUT2D eigenvalue weighted by atomic mass is 10.1. The summed E-state index contributed by atoms with van der Waals surface area (Å²) in [6.45, 7) is 1.87. The van der Waals surface area contributed by atoms with Crippen LogP contribution in [0.4, 0.5) is 5.69 Å². The molecule has 0 bridgehead atoms. The van der Waals surface area contributed by atoms with Crippen LogP contribution in [-0.4, -0.2) is 32.6 Å². The van der Waals surface area contributed by atoms with Gasteiger partial charge in [0.15, 0.2) is 5.82 Å². The highest BCUT2D eigenvalue weighted by Gasteiger charge is 2.20. The minimum Gasteiger partial charge on any atom is -0.502 e. The lowest BCUT2D eigenvalue weighted by Crippen LogP contribution is -2.26. The molecule has 0 atom stereocenters. The molecule has 9 heteroatoms. The number of carbonyl (C=O) groups is 1.